The van der Waals surface area contributed by atoms with Crippen LogP contribution in [-0.4, -0.2) is 18.1 Å². The summed E-state index contributed by atoms with van der Waals surface area (Å²) in [6.07, 6.45) is 5.39. The molecule has 0 atom stereocenters. The van der Waals surface area contributed by atoms with Crippen LogP contribution in [0.5, 0.6) is 0 Å². The van der Waals surface area contributed by atoms with Crippen molar-refractivity contribution in [2.24, 2.45) is 0 Å². The fourth-order valence-corrected chi connectivity index (χ4v) is 2.96. The summed E-state index contributed by atoms with van der Waals surface area (Å²) in [6.45, 7) is 2.36. The van der Waals surface area contributed by atoms with E-state index in [0.29, 0.717) is 0 Å². The van der Waals surface area contributed by atoms with Gasteiger partial charge in [0.05, 0.1) is 0 Å². The molecule has 4 heteroatoms. The van der Waals surface area contributed by atoms with Crippen molar-refractivity contribution in [3.8, 4) is 0 Å². The minimum atomic E-state index is 0.969. The first-order chi connectivity index (χ1) is 6.36. The Balaban J connectivity index is 2.06. The summed E-state index contributed by atoms with van der Waals surface area (Å²) >= 11 is 5.12. The van der Waals surface area contributed by atoms with E-state index in [1.54, 1.807) is 11.3 Å². The molecule has 1 aromatic heterocycles. The molecule has 0 bridgehead atoms. The quantitative estimate of drug-likeness (QED) is 0.771. The van der Waals surface area contributed by atoms with Gasteiger partial charge in [0.25, 0.3) is 0 Å². The molecule has 72 valence electrons. The maximum atomic E-state index is 4.44. The van der Waals surface area contributed by atoms with E-state index in [1.807, 2.05) is 0 Å². The topological polar surface area (TPSA) is 16.1 Å². The van der Waals surface area contributed by atoms with Crippen molar-refractivity contribution in [3.05, 3.63) is 9.98 Å². The van der Waals surface area contributed by atoms with Crippen LogP contribution < -0.4 is 4.90 Å². The summed E-state index contributed by atoms with van der Waals surface area (Å²) in [5.74, 6) is 0. The molecule has 0 unspecified atom stereocenters. The molecule has 0 spiro atoms. The summed E-state index contributed by atoms with van der Waals surface area (Å²) < 4.78 is 0.969. The Morgan fingerprint density at radius 2 is 1.92 bits per heavy atom. The van der Waals surface area contributed by atoms with Gasteiger partial charge in [0.15, 0.2) is 5.13 Å². The van der Waals surface area contributed by atoms with Crippen LogP contribution >= 0.6 is 27.3 Å². The van der Waals surface area contributed by atoms with Crippen LogP contribution in [0, 0.1) is 0 Å². The van der Waals surface area contributed by atoms with Crippen LogP contribution in [0.3, 0.4) is 0 Å². The molecule has 1 aromatic rings. The van der Waals surface area contributed by atoms with Gasteiger partial charge in [-0.3, -0.25) is 0 Å². The molecular weight excluding hydrogens is 248 g/mol. The summed E-state index contributed by atoms with van der Waals surface area (Å²) in [4.78, 5) is 6.84. The van der Waals surface area contributed by atoms with Gasteiger partial charge in [-0.1, -0.05) is 12.8 Å². The largest absolute Gasteiger partial charge is 0.348 e. The molecular formula is C9H13BrN2S. The maximum Gasteiger partial charge on any atom is 0.186 e. The number of aromatic nitrogens is 1. The van der Waals surface area contributed by atoms with Gasteiger partial charge in [-0.2, -0.15) is 0 Å². The van der Waals surface area contributed by atoms with Crippen molar-refractivity contribution >= 4 is 32.4 Å². The third kappa shape index (κ3) is 2.44. The van der Waals surface area contributed by atoms with Gasteiger partial charge in [0, 0.05) is 18.5 Å². The molecule has 0 aromatic carbocycles. The summed E-state index contributed by atoms with van der Waals surface area (Å²) in [5.41, 5.74) is 0. The zero-order valence-electron chi connectivity index (χ0n) is 7.50. The number of hydrogen-bond donors (Lipinski definition) is 0. The van der Waals surface area contributed by atoms with Gasteiger partial charge in [0.1, 0.15) is 4.60 Å². The smallest absolute Gasteiger partial charge is 0.186 e. The lowest BCUT2D eigenvalue weighted by atomic mass is 10.2. The first kappa shape index (κ1) is 9.46. The zero-order chi connectivity index (χ0) is 9.10. The van der Waals surface area contributed by atoms with E-state index in [2.05, 4.69) is 31.2 Å². The van der Waals surface area contributed by atoms with Crippen molar-refractivity contribution in [1.82, 2.24) is 4.98 Å². The summed E-state index contributed by atoms with van der Waals surface area (Å²) in [6, 6.07) is 0. The number of nitrogens with zero attached hydrogens (tertiary/aromatic N) is 2. The molecule has 0 N–H and O–H groups in total. The number of hydrogen-bond acceptors (Lipinski definition) is 3. The highest BCUT2D eigenvalue weighted by molar-refractivity contribution is 9.10. The van der Waals surface area contributed by atoms with Crippen LogP contribution in [0.1, 0.15) is 25.7 Å². The Morgan fingerprint density at radius 3 is 2.46 bits per heavy atom. The minimum absolute atomic E-state index is 0.969. The molecule has 0 saturated carbocycles. The normalized spacial score (nSPS) is 18.7. The van der Waals surface area contributed by atoms with Gasteiger partial charge in [-0.15, -0.1) is 11.3 Å². The molecule has 1 saturated heterocycles. The van der Waals surface area contributed by atoms with Crippen molar-refractivity contribution in [2.75, 3.05) is 18.0 Å². The standard InChI is InChI=1S/C9H13BrN2S/c10-8-7-13-9(11-8)12-5-3-1-2-4-6-12/h7H,1-6H2. The highest BCUT2D eigenvalue weighted by Gasteiger charge is 2.12. The van der Waals surface area contributed by atoms with Gasteiger partial charge >= 0.3 is 0 Å². The Morgan fingerprint density at radius 1 is 1.23 bits per heavy atom. The predicted molar refractivity (Wildman–Crippen MR) is 60.5 cm³/mol. The summed E-state index contributed by atoms with van der Waals surface area (Å²) in [5, 5.41) is 3.23. The summed E-state index contributed by atoms with van der Waals surface area (Å²) in [7, 11) is 0. The molecule has 13 heavy (non-hydrogen) atoms. The Kier molecular flexibility index (Phi) is 3.22. The van der Waals surface area contributed by atoms with Gasteiger partial charge in [-0.25, -0.2) is 4.98 Å². The predicted octanol–water partition coefficient (Wildman–Crippen LogP) is 3.29. The highest BCUT2D eigenvalue weighted by atomic mass is 79.9. The first-order valence-corrected chi connectivity index (χ1v) is 6.39. The number of thiazole rings is 1. The average Bonchev–Trinajstić information content (AvgIpc) is 2.43. The second-order valence-electron chi connectivity index (χ2n) is 3.35. The van der Waals surface area contributed by atoms with Crippen molar-refractivity contribution < 1.29 is 0 Å². The average molecular weight is 261 g/mol. The van der Waals surface area contributed by atoms with E-state index >= 15 is 0 Å². The molecule has 1 aliphatic heterocycles. The lowest BCUT2D eigenvalue weighted by Gasteiger charge is -2.18. The third-order valence-electron chi connectivity index (χ3n) is 2.34. The van der Waals surface area contributed by atoms with Crippen LogP contribution in [0.4, 0.5) is 5.13 Å². The molecule has 1 fully saturated rings. The first-order valence-electron chi connectivity index (χ1n) is 4.72. The van der Waals surface area contributed by atoms with E-state index in [-0.39, 0.29) is 0 Å². The van der Waals surface area contributed by atoms with E-state index < -0.39 is 0 Å². The second-order valence-corrected chi connectivity index (χ2v) is 5.00. The minimum Gasteiger partial charge on any atom is -0.348 e. The lowest BCUT2D eigenvalue weighted by molar-refractivity contribution is 0.726. The lowest BCUT2D eigenvalue weighted by Crippen LogP contribution is -2.23. The molecule has 0 amide bonds. The molecule has 2 heterocycles. The van der Waals surface area contributed by atoms with E-state index in [0.717, 1.165) is 4.60 Å². The van der Waals surface area contributed by atoms with Crippen molar-refractivity contribution in [3.63, 3.8) is 0 Å². The van der Waals surface area contributed by atoms with Gasteiger partial charge < -0.3 is 4.90 Å². The molecule has 0 radical (unpaired) electrons. The fourth-order valence-electron chi connectivity index (χ4n) is 1.65. The maximum absolute atomic E-state index is 4.44. The van der Waals surface area contributed by atoms with Crippen molar-refractivity contribution in [1.29, 1.82) is 0 Å². The van der Waals surface area contributed by atoms with Crippen molar-refractivity contribution in [2.45, 2.75) is 25.7 Å². The monoisotopic (exact) mass is 260 g/mol. The van der Waals surface area contributed by atoms with Crippen LogP contribution in [-0.2, 0) is 0 Å². The van der Waals surface area contributed by atoms with Crippen LogP contribution in [0.25, 0.3) is 0 Å². The van der Waals surface area contributed by atoms with Gasteiger partial charge in [-0.05, 0) is 28.8 Å². The van der Waals surface area contributed by atoms with E-state index in [1.165, 1.54) is 43.9 Å². The van der Waals surface area contributed by atoms with E-state index in [9.17, 15) is 0 Å². The highest BCUT2D eigenvalue weighted by Crippen LogP contribution is 2.25. The Bertz CT molecular complexity index is 266. The molecule has 2 nitrogen and oxygen atoms in total. The number of anilines is 1. The van der Waals surface area contributed by atoms with E-state index in [4.69, 9.17) is 0 Å². The zero-order valence-corrected chi connectivity index (χ0v) is 9.90. The second kappa shape index (κ2) is 4.42. The Labute approximate surface area is 91.1 Å². The molecule has 0 aliphatic carbocycles. The fraction of sp³-hybridized carbons (Fsp3) is 0.667. The molecule has 2 rings (SSSR count). The SMILES string of the molecule is Brc1csc(N2CCCCCC2)n1. The van der Waals surface area contributed by atoms with Crippen LogP contribution in [0.2, 0.25) is 0 Å². The van der Waals surface area contributed by atoms with Crippen LogP contribution in [0.15, 0.2) is 9.98 Å². The molecule has 1 aliphatic rings. The number of rotatable bonds is 1. The third-order valence-corrected chi connectivity index (χ3v) is 3.95. The van der Waals surface area contributed by atoms with Gasteiger partial charge in [0.2, 0.25) is 0 Å². The Hall–Kier alpha value is -0.0900. The number of halogens is 1.